The summed E-state index contributed by atoms with van der Waals surface area (Å²) in [5, 5.41) is 7.45. The third-order valence-corrected chi connectivity index (χ3v) is 4.82. The zero-order valence-electron chi connectivity index (χ0n) is 15.3. The number of urea groups is 1. The monoisotopic (exact) mass is 342 g/mol. The summed E-state index contributed by atoms with van der Waals surface area (Å²) in [6.07, 6.45) is 3.12. The van der Waals surface area contributed by atoms with Gasteiger partial charge in [0.05, 0.1) is 12.8 Å². The molecule has 1 heterocycles. The molecule has 1 aromatic heterocycles. The number of amides is 2. The van der Waals surface area contributed by atoms with Crippen molar-refractivity contribution in [2.45, 2.75) is 38.1 Å². The maximum absolute atomic E-state index is 12.6. The van der Waals surface area contributed by atoms with E-state index in [2.05, 4.69) is 10.4 Å². The third kappa shape index (κ3) is 3.95. The van der Waals surface area contributed by atoms with Gasteiger partial charge in [-0.1, -0.05) is 18.2 Å². The molecule has 2 aromatic rings. The summed E-state index contributed by atoms with van der Waals surface area (Å²) in [5.41, 5.74) is 2.16. The second-order valence-electron chi connectivity index (χ2n) is 6.76. The molecule has 1 saturated carbocycles. The number of aromatic nitrogens is 2. The van der Waals surface area contributed by atoms with E-state index >= 15 is 0 Å². The number of ether oxygens (including phenoxy) is 1. The topological polar surface area (TPSA) is 59.4 Å². The van der Waals surface area contributed by atoms with Gasteiger partial charge < -0.3 is 9.64 Å². The van der Waals surface area contributed by atoms with Gasteiger partial charge >= 0.3 is 6.03 Å². The molecule has 1 atom stereocenters. The van der Waals surface area contributed by atoms with E-state index in [9.17, 15) is 4.79 Å². The SMILES string of the molecule is COc1ccccc1C[C@H](C)N(C)C(=O)Nc1cc(C2CC2)nn1C. The standard InChI is InChI=1S/C19H26N4O2/c1-13(11-15-7-5-6-8-17(15)25-4)22(2)19(24)20-18-12-16(14-9-10-14)21-23(18)3/h5-8,12-14H,9-11H2,1-4H3,(H,20,24)/t13-/m0/s1. The number of aryl methyl sites for hydroxylation is 1. The zero-order valence-corrected chi connectivity index (χ0v) is 15.3. The molecule has 0 unspecified atom stereocenters. The molecule has 134 valence electrons. The van der Waals surface area contributed by atoms with Crippen molar-refractivity contribution < 1.29 is 9.53 Å². The average Bonchev–Trinajstić information content (AvgIpc) is 3.39. The fourth-order valence-electron chi connectivity index (χ4n) is 2.91. The quantitative estimate of drug-likeness (QED) is 0.875. The van der Waals surface area contributed by atoms with E-state index < -0.39 is 0 Å². The number of anilines is 1. The Kier molecular flexibility index (Phi) is 4.97. The molecule has 25 heavy (non-hydrogen) atoms. The number of nitrogens with one attached hydrogen (secondary N) is 1. The molecule has 6 nitrogen and oxygen atoms in total. The highest BCUT2D eigenvalue weighted by atomic mass is 16.5. The first kappa shape index (κ1) is 17.3. The van der Waals surface area contributed by atoms with Gasteiger partial charge in [0.2, 0.25) is 0 Å². The Morgan fingerprint density at radius 3 is 2.84 bits per heavy atom. The normalized spacial score (nSPS) is 14.9. The number of hydrogen-bond acceptors (Lipinski definition) is 3. The van der Waals surface area contributed by atoms with Gasteiger partial charge in [-0.3, -0.25) is 10.00 Å². The highest BCUT2D eigenvalue weighted by molar-refractivity contribution is 5.88. The molecule has 0 aliphatic heterocycles. The van der Waals surface area contributed by atoms with Gasteiger partial charge in [0.25, 0.3) is 0 Å². The summed E-state index contributed by atoms with van der Waals surface area (Å²) < 4.78 is 7.14. The zero-order chi connectivity index (χ0) is 18.0. The maximum atomic E-state index is 12.6. The Balaban J connectivity index is 1.63. The average molecular weight is 342 g/mol. The van der Waals surface area contributed by atoms with Gasteiger partial charge in [0.1, 0.15) is 11.6 Å². The van der Waals surface area contributed by atoms with Crippen molar-refractivity contribution in [2.75, 3.05) is 19.5 Å². The molecular weight excluding hydrogens is 316 g/mol. The highest BCUT2D eigenvalue weighted by Gasteiger charge is 2.27. The molecule has 0 radical (unpaired) electrons. The van der Waals surface area contributed by atoms with E-state index in [4.69, 9.17) is 4.74 Å². The second kappa shape index (κ2) is 7.17. The first-order chi connectivity index (χ1) is 12.0. The fourth-order valence-corrected chi connectivity index (χ4v) is 2.91. The number of hydrogen-bond donors (Lipinski definition) is 1. The molecule has 3 rings (SSSR count). The largest absolute Gasteiger partial charge is 0.496 e. The summed E-state index contributed by atoms with van der Waals surface area (Å²) in [4.78, 5) is 14.3. The van der Waals surface area contributed by atoms with Crippen molar-refractivity contribution in [3.05, 3.63) is 41.6 Å². The smallest absolute Gasteiger partial charge is 0.322 e. The molecule has 1 N–H and O–H groups in total. The Bertz CT molecular complexity index is 752. The second-order valence-corrected chi connectivity index (χ2v) is 6.76. The van der Waals surface area contributed by atoms with Gasteiger partial charge in [0, 0.05) is 32.1 Å². The Labute approximate surface area is 148 Å². The summed E-state index contributed by atoms with van der Waals surface area (Å²) in [5.74, 6) is 2.16. The third-order valence-electron chi connectivity index (χ3n) is 4.82. The van der Waals surface area contributed by atoms with Crippen LogP contribution in [0.15, 0.2) is 30.3 Å². The van der Waals surface area contributed by atoms with Gasteiger partial charge in [-0.25, -0.2) is 4.79 Å². The number of rotatable bonds is 6. The Hall–Kier alpha value is -2.50. The van der Waals surface area contributed by atoms with Crippen molar-refractivity contribution in [2.24, 2.45) is 7.05 Å². The lowest BCUT2D eigenvalue weighted by Crippen LogP contribution is -2.39. The lowest BCUT2D eigenvalue weighted by atomic mass is 10.1. The molecule has 0 spiro atoms. The van der Waals surface area contributed by atoms with E-state index in [1.807, 2.05) is 51.4 Å². The Morgan fingerprint density at radius 1 is 1.44 bits per heavy atom. The van der Waals surface area contributed by atoms with Crippen LogP contribution in [0.3, 0.4) is 0 Å². The lowest BCUT2D eigenvalue weighted by Gasteiger charge is -2.25. The van der Waals surface area contributed by atoms with Gasteiger partial charge in [-0.05, 0) is 37.8 Å². The summed E-state index contributed by atoms with van der Waals surface area (Å²) in [6.45, 7) is 2.03. The van der Waals surface area contributed by atoms with Crippen LogP contribution in [0.4, 0.5) is 10.6 Å². The van der Waals surface area contributed by atoms with Crippen molar-refractivity contribution in [3.8, 4) is 5.75 Å². The summed E-state index contributed by atoms with van der Waals surface area (Å²) in [7, 11) is 5.34. The van der Waals surface area contributed by atoms with Gasteiger partial charge in [-0.15, -0.1) is 0 Å². The number of carbonyl (C=O) groups is 1. The maximum Gasteiger partial charge on any atom is 0.322 e. The number of para-hydroxylation sites is 1. The molecule has 1 aliphatic carbocycles. The molecule has 0 saturated heterocycles. The first-order valence-electron chi connectivity index (χ1n) is 8.69. The molecule has 1 aromatic carbocycles. The predicted octanol–water partition coefficient (Wildman–Crippen LogP) is 3.40. The van der Waals surface area contributed by atoms with E-state index in [1.54, 1.807) is 16.7 Å². The van der Waals surface area contributed by atoms with Gasteiger partial charge in [0.15, 0.2) is 0 Å². The van der Waals surface area contributed by atoms with E-state index in [1.165, 1.54) is 12.8 Å². The summed E-state index contributed by atoms with van der Waals surface area (Å²) >= 11 is 0. The first-order valence-corrected chi connectivity index (χ1v) is 8.69. The van der Waals surface area contributed by atoms with E-state index in [0.717, 1.165) is 29.2 Å². The number of benzene rings is 1. The minimum absolute atomic E-state index is 0.0347. The molecule has 6 heteroatoms. The van der Waals surface area contributed by atoms with Crippen LogP contribution in [0.1, 0.15) is 36.9 Å². The van der Waals surface area contributed by atoms with Crippen molar-refractivity contribution >= 4 is 11.8 Å². The summed E-state index contributed by atoms with van der Waals surface area (Å²) in [6, 6.07) is 9.79. The van der Waals surface area contributed by atoms with E-state index in [-0.39, 0.29) is 12.1 Å². The lowest BCUT2D eigenvalue weighted by molar-refractivity contribution is 0.207. The molecule has 0 bridgehead atoms. The van der Waals surface area contributed by atoms with Crippen LogP contribution in [0.2, 0.25) is 0 Å². The van der Waals surface area contributed by atoms with Gasteiger partial charge in [-0.2, -0.15) is 5.10 Å². The van der Waals surface area contributed by atoms with Crippen molar-refractivity contribution in [3.63, 3.8) is 0 Å². The number of methoxy groups -OCH3 is 1. The highest BCUT2D eigenvalue weighted by Crippen LogP contribution is 2.39. The van der Waals surface area contributed by atoms with Crippen molar-refractivity contribution in [1.29, 1.82) is 0 Å². The van der Waals surface area contributed by atoms with Crippen LogP contribution in [-0.4, -0.2) is 40.9 Å². The van der Waals surface area contributed by atoms with Crippen molar-refractivity contribution in [1.82, 2.24) is 14.7 Å². The van der Waals surface area contributed by atoms with E-state index in [0.29, 0.717) is 5.92 Å². The number of likely N-dealkylation sites (N-methyl/N-ethyl adjacent to an activating group) is 1. The van der Waals surface area contributed by atoms with Crippen LogP contribution in [-0.2, 0) is 13.5 Å². The molecular formula is C19H26N4O2. The minimum atomic E-state index is -0.132. The number of carbonyl (C=O) groups excluding carboxylic acids is 1. The fraction of sp³-hybridized carbons (Fsp3) is 0.474. The minimum Gasteiger partial charge on any atom is -0.496 e. The Morgan fingerprint density at radius 2 is 2.16 bits per heavy atom. The van der Waals surface area contributed by atoms with Crippen LogP contribution < -0.4 is 10.1 Å². The van der Waals surface area contributed by atoms with Crippen LogP contribution in [0.5, 0.6) is 5.75 Å². The molecule has 1 aliphatic rings. The van der Waals surface area contributed by atoms with Crippen LogP contribution in [0.25, 0.3) is 0 Å². The number of nitrogens with zero attached hydrogens (tertiary/aromatic N) is 3. The molecule has 2 amide bonds. The predicted molar refractivity (Wildman–Crippen MR) is 98.1 cm³/mol. The van der Waals surface area contributed by atoms with Crippen LogP contribution in [0, 0.1) is 0 Å². The van der Waals surface area contributed by atoms with Crippen LogP contribution >= 0.6 is 0 Å². The molecule has 1 fully saturated rings.